The van der Waals surface area contributed by atoms with Gasteiger partial charge >= 0.3 is 11.9 Å². The number of cyclic esters (lactones) is 1. The highest BCUT2D eigenvalue weighted by molar-refractivity contribution is 5.82. The van der Waals surface area contributed by atoms with Crippen molar-refractivity contribution in [2.24, 2.45) is 0 Å². The first kappa shape index (κ1) is 13.9. The minimum atomic E-state index is -0.805. The largest absolute Gasteiger partial charge is 0.460 e. The SMILES string of the molecule is C[C@@H]1C[C@@H](OC(=O)CNc2ccc(C#N)cc2)C(=O)O1. The third-order valence-electron chi connectivity index (χ3n) is 2.85. The molecule has 0 unspecified atom stereocenters. The second-order valence-electron chi connectivity index (χ2n) is 4.50. The van der Waals surface area contributed by atoms with Crippen molar-refractivity contribution in [3.8, 4) is 6.07 Å². The highest BCUT2D eigenvalue weighted by Gasteiger charge is 2.34. The zero-order chi connectivity index (χ0) is 14.5. The van der Waals surface area contributed by atoms with Gasteiger partial charge in [0.2, 0.25) is 6.10 Å². The van der Waals surface area contributed by atoms with Crippen LogP contribution in [0.25, 0.3) is 0 Å². The Morgan fingerprint density at radius 2 is 2.20 bits per heavy atom. The molecule has 2 atom stereocenters. The summed E-state index contributed by atoms with van der Waals surface area (Å²) in [5.74, 6) is -1.02. The van der Waals surface area contributed by atoms with Crippen molar-refractivity contribution in [3.63, 3.8) is 0 Å². The van der Waals surface area contributed by atoms with E-state index in [0.717, 1.165) is 0 Å². The summed E-state index contributed by atoms with van der Waals surface area (Å²) in [5, 5.41) is 11.5. The molecule has 1 aromatic carbocycles. The summed E-state index contributed by atoms with van der Waals surface area (Å²) in [5.41, 5.74) is 1.24. The molecule has 0 spiro atoms. The molecule has 20 heavy (non-hydrogen) atoms. The van der Waals surface area contributed by atoms with Gasteiger partial charge in [-0.2, -0.15) is 5.26 Å². The first-order valence-corrected chi connectivity index (χ1v) is 6.22. The quantitative estimate of drug-likeness (QED) is 0.830. The van der Waals surface area contributed by atoms with Gasteiger partial charge in [-0.3, -0.25) is 4.79 Å². The second kappa shape index (κ2) is 6.06. The lowest BCUT2D eigenvalue weighted by atomic mass is 10.2. The summed E-state index contributed by atoms with van der Waals surface area (Å²) in [6, 6.07) is 8.67. The standard InChI is InChI=1S/C14H14N2O4/c1-9-6-12(14(18)19-9)20-13(17)8-16-11-4-2-10(7-15)3-5-11/h2-5,9,12,16H,6,8H2,1H3/t9-,12-/m1/s1. The third kappa shape index (κ3) is 3.48. The summed E-state index contributed by atoms with van der Waals surface area (Å²) < 4.78 is 9.93. The molecule has 1 saturated heterocycles. The Kier molecular flexibility index (Phi) is 4.20. The fraction of sp³-hybridized carbons (Fsp3) is 0.357. The van der Waals surface area contributed by atoms with Gasteiger partial charge < -0.3 is 14.8 Å². The van der Waals surface area contributed by atoms with Crippen LogP contribution < -0.4 is 5.32 Å². The molecule has 0 radical (unpaired) electrons. The van der Waals surface area contributed by atoms with E-state index in [9.17, 15) is 9.59 Å². The maximum absolute atomic E-state index is 11.6. The first-order valence-electron chi connectivity index (χ1n) is 6.22. The molecule has 0 amide bonds. The third-order valence-corrected chi connectivity index (χ3v) is 2.85. The molecule has 0 aromatic heterocycles. The number of benzene rings is 1. The van der Waals surface area contributed by atoms with Gasteiger partial charge in [-0.05, 0) is 31.2 Å². The van der Waals surface area contributed by atoms with Crippen molar-refractivity contribution >= 4 is 17.6 Å². The molecule has 1 heterocycles. The van der Waals surface area contributed by atoms with E-state index in [4.69, 9.17) is 14.7 Å². The highest BCUT2D eigenvalue weighted by atomic mass is 16.6. The zero-order valence-electron chi connectivity index (χ0n) is 11.0. The fourth-order valence-corrected chi connectivity index (χ4v) is 1.85. The van der Waals surface area contributed by atoms with E-state index in [1.807, 2.05) is 6.07 Å². The lowest BCUT2D eigenvalue weighted by Gasteiger charge is -2.09. The van der Waals surface area contributed by atoms with Crippen LogP contribution in [0, 0.1) is 11.3 Å². The molecule has 6 nitrogen and oxygen atoms in total. The number of ether oxygens (including phenoxy) is 2. The molecular weight excluding hydrogens is 260 g/mol. The number of esters is 2. The van der Waals surface area contributed by atoms with Gasteiger partial charge in [-0.25, -0.2) is 4.79 Å². The second-order valence-corrected chi connectivity index (χ2v) is 4.50. The number of nitrogens with zero attached hydrogens (tertiary/aromatic N) is 1. The molecule has 2 rings (SSSR count). The Balaban J connectivity index is 1.80. The van der Waals surface area contributed by atoms with Gasteiger partial charge in [0.25, 0.3) is 0 Å². The smallest absolute Gasteiger partial charge is 0.347 e. The number of nitriles is 1. The number of carbonyl (C=O) groups is 2. The molecule has 0 aliphatic carbocycles. The lowest BCUT2D eigenvalue weighted by Crippen LogP contribution is -2.26. The molecular formula is C14H14N2O4. The van der Waals surface area contributed by atoms with Crippen LogP contribution in [0.2, 0.25) is 0 Å². The van der Waals surface area contributed by atoms with Crippen molar-refractivity contribution in [2.75, 3.05) is 11.9 Å². The molecule has 0 saturated carbocycles. The Morgan fingerprint density at radius 1 is 1.50 bits per heavy atom. The Morgan fingerprint density at radius 3 is 2.75 bits per heavy atom. The summed E-state index contributed by atoms with van der Waals surface area (Å²) in [4.78, 5) is 22.9. The minimum absolute atomic E-state index is 0.0515. The van der Waals surface area contributed by atoms with Crippen molar-refractivity contribution in [1.82, 2.24) is 0 Å². The molecule has 1 aliphatic heterocycles. The molecule has 1 fully saturated rings. The van der Waals surface area contributed by atoms with E-state index in [-0.39, 0.29) is 12.6 Å². The Hall–Kier alpha value is -2.55. The van der Waals surface area contributed by atoms with E-state index in [2.05, 4.69) is 5.32 Å². The van der Waals surface area contributed by atoms with Crippen molar-refractivity contribution < 1.29 is 19.1 Å². The molecule has 0 bridgehead atoms. The maximum Gasteiger partial charge on any atom is 0.347 e. The van der Waals surface area contributed by atoms with E-state index in [0.29, 0.717) is 17.7 Å². The Bertz CT molecular complexity index is 547. The predicted octanol–water partition coefficient (Wildman–Crippen LogP) is 1.22. The van der Waals surface area contributed by atoms with Crippen LogP contribution in [0.15, 0.2) is 24.3 Å². The van der Waals surface area contributed by atoms with Crippen LogP contribution in [0.1, 0.15) is 18.9 Å². The molecule has 104 valence electrons. The van der Waals surface area contributed by atoms with Crippen LogP contribution in [0.5, 0.6) is 0 Å². The number of nitrogens with one attached hydrogen (secondary N) is 1. The number of anilines is 1. The van der Waals surface area contributed by atoms with E-state index >= 15 is 0 Å². The molecule has 1 aromatic rings. The van der Waals surface area contributed by atoms with Gasteiger partial charge in [-0.15, -0.1) is 0 Å². The van der Waals surface area contributed by atoms with Crippen LogP contribution in [0.3, 0.4) is 0 Å². The van der Waals surface area contributed by atoms with E-state index < -0.39 is 18.0 Å². The fourth-order valence-electron chi connectivity index (χ4n) is 1.85. The number of hydrogen-bond acceptors (Lipinski definition) is 6. The van der Waals surface area contributed by atoms with Gasteiger partial charge in [0.05, 0.1) is 11.6 Å². The molecule has 1 N–H and O–H groups in total. The highest BCUT2D eigenvalue weighted by Crippen LogP contribution is 2.17. The molecule has 6 heteroatoms. The van der Waals surface area contributed by atoms with Crippen LogP contribution in [0.4, 0.5) is 5.69 Å². The van der Waals surface area contributed by atoms with Crippen molar-refractivity contribution in [3.05, 3.63) is 29.8 Å². The van der Waals surface area contributed by atoms with Crippen LogP contribution in [-0.2, 0) is 19.1 Å². The normalized spacial score (nSPS) is 20.9. The summed E-state index contributed by atoms with van der Waals surface area (Å²) in [6.45, 7) is 1.70. The van der Waals surface area contributed by atoms with Gasteiger partial charge in [0.15, 0.2) is 0 Å². The number of hydrogen-bond donors (Lipinski definition) is 1. The average molecular weight is 274 g/mol. The minimum Gasteiger partial charge on any atom is -0.460 e. The van der Waals surface area contributed by atoms with Crippen LogP contribution in [-0.4, -0.2) is 30.7 Å². The van der Waals surface area contributed by atoms with Crippen LogP contribution >= 0.6 is 0 Å². The topological polar surface area (TPSA) is 88.4 Å². The maximum atomic E-state index is 11.6. The van der Waals surface area contributed by atoms with E-state index in [1.165, 1.54) is 0 Å². The number of carbonyl (C=O) groups excluding carboxylic acids is 2. The van der Waals surface area contributed by atoms with Crippen molar-refractivity contribution in [2.45, 2.75) is 25.6 Å². The number of rotatable bonds is 4. The Labute approximate surface area is 116 Å². The summed E-state index contributed by atoms with van der Waals surface area (Å²) in [7, 11) is 0. The van der Waals surface area contributed by atoms with Gasteiger partial charge in [0, 0.05) is 12.1 Å². The monoisotopic (exact) mass is 274 g/mol. The summed E-state index contributed by atoms with van der Waals surface area (Å²) in [6.07, 6.45) is -0.631. The average Bonchev–Trinajstić information content (AvgIpc) is 2.75. The van der Waals surface area contributed by atoms with Gasteiger partial charge in [-0.1, -0.05) is 0 Å². The lowest BCUT2D eigenvalue weighted by molar-refractivity contribution is -0.159. The summed E-state index contributed by atoms with van der Waals surface area (Å²) >= 11 is 0. The van der Waals surface area contributed by atoms with Crippen molar-refractivity contribution in [1.29, 1.82) is 5.26 Å². The predicted molar refractivity (Wildman–Crippen MR) is 69.7 cm³/mol. The zero-order valence-corrected chi connectivity index (χ0v) is 11.0. The van der Waals surface area contributed by atoms with E-state index in [1.54, 1.807) is 31.2 Å². The molecule has 1 aliphatic rings. The van der Waals surface area contributed by atoms with Gasteiger partial charge in [0.1, 0.15) is 12.6 Å². The first-order chi connectivity index (χ1) is 9.58.